The van der Waals surface area contributed by atoms with Crippen LogP contribution < -0.4 is 9.64 Å². The zero-order chi connectivity index (χ0) is 22.1. The van der Waals surface area contributed by atoms with Crippen molar-refractivity contribution in [1.82, 2.24) is 9.80 Å². The first-order valence-corrected chi connectivity index (χ1v) is 11.0. The first-order chi connectivity index (χ1) is 14.7. The van der Waals surface area contributed by atoms with Crippen molar-refractivity contribution in [1.29, 1.82) is 0 Å². The van der Waals surface area contributed by atoms with Gasteiger partial charge in [0.15, 0.2) is 0 Å². The fourth-order valence-electron chi connectivity index (χ4n) is 4.75. The van der Waals surface area contributed by atoms with Gasteiger partial charge in [-0.2, -0.15) is 0 Å². The number of rotatable bonds is 6. The standard InChI is InChI=1S/C22H30F3N3O3/c23-22(24,25)31-18-4-1-3-17(15-18)27-11-5-20(30)28(14-13-27)10-2-9-26-12-8-21(6-7-21)19(29)16-26/h1,3-4,15,19,29H,2,5-14,16H2/t19-/m1/s1. The maximum atomic E-state index is 12.5. The zero-order valence-electron chi connectivity index (χ0n) is 17.6. The van der Waals surface area contributed by atoms with Crippen LogP contribution in [0.5, 0.6) is 5.75 Å². The molecule has 1 amide bonds. The number of hydrogen-bond acceptors (Lipinski definition) is 5. The van der Waals surface area contributed by atoms with Crippen LogP contribution >= 0.6 is 0 Å². The average Bonchev–Trinajstić information content (AvgIpc) is 3.50. The summed E-state index contributed by atoms with van der Waals surface area (Å²) in [5.41, 5.74) is 0.816. The summed E-state index contributed by atoms with van der Waals surface area (Å²) in [4.78, 5) is 18.6. The van der Waals surface area contributed by atoms with Crippen LogP contribution in [0, 0.1) is 5.41 Å². The quantitative estimate of drug-likeness (QED) is 0.736. The summed E-state index contributed by atoms with van der Waals surface area (Å²) in [6.45, 7) is 4.80. The van der Waals surface area contributed by atoms with Gasteiger partial charge in [0.25, 0.3) is 0 Å². The second-order valence-electron chi connectivity index (χ2n) is 8.95. The molecule has 1 aromatic rings. The number of anilines is 1. The van der Waals surface area contributed by atoms with Crippen molar-refractivity contribution < 1.29 is 27.8 Å². The van der Waals surface area contributed by atoms with Gasteiger partial charge in [-0.25, -0.2) is 0 Å². The molecule has 1 atom stereocenters. The number of amides is 1. The highest BCUT2D eigenvalue weighted by Crippen LogP contribution is 2.53. The number of benzene rings is 1. The highest BCUT2D eigenvalue weighted by molar-refractivity contribution is 5.77. The Morgan fingerprint density at radius 1 is 1.10 bits per heavy atom. The molecule has 1 saturated carbocycles. The Hall–Kier alpha value is -2.00. The number of aliphatic hydroxyl groups is 1. The molecule has 172 valence electrons. The van der Waals surface area contributed by atoms with Crippen molar-refractivity contribution >= 4 is 11.6 Å². The Bertz CT molecular complexity index is 785. The van der Waals surface area contributed by atoms with E-state index in [1.54, 1.807) is 6.07 Å². The fraction of sp³-hybridized carbons (Fsp3) is 0.682. The van der Waals surface area contributed by atoms with Gasteiger partial charge in [-0.05, 0) is 56.3 Å². The Morgan fingerprint density at radius 3 is 2.61 bits per heavy atom. The van der Waals surface area contributed by atoms with Gasteiger partial charge >= 0.3 is 6.36 Å². The molecule has 1 aromatic carbocycles. The van der Waals surface area contributed by atoms with Crippen molar-refractivity contribution in [3.05, 3.63) is 24.3 Å². The number of β-amino-alcohol motifs (C(OH)–C–C–N with tert-alkyl or cyclic N) is 1. The topological polar surface area (TPSA) is 56.2 Å². The van der Waals surface area contributed by atoms with Crippen LogP contribution in [0.1, 0.15) is 32.1 Å². The minimum absolute atomic E-state index is 0.0702. The fourth-order valence-corrected chi connectivity index (χ4v) is 4.75. The molecule has 2 saturated heterocycles. The number of ether oxygens (including phenoxy) is 1. The number of carbonyl (C=O) groups excluding carboxylic acids is 1. The number of nitrogens with zero attached hydrogens (tertiary/aromatic N) is 3. The molecule has 6 nitrogen and oxygen atoms in total. The Labute approximate surface area is 180 Å². The number of alkyl halides is 3. The maximum Gasteiger partial charge on any atom is 0.573 e. The summed E-state index contributed by atoms with van der Waals surface area (Å²) in [7, 11) is 0. The molecule has 4 rings (SSSR count). The molecule has 2 heterocycles. The monoisotopic (exact) mass is 441 g/mol. The summed E-state index contributed by atoms with van der Waals surface area (Å²) in [6.07, 6.45) is -0.434. The number of carbonyl (C=O) groups is 1. The molecule has 0 radical (unpaired) electrons. The van der Waals surface area contributed by atoms with Crippen LogP contribution in [-0.2, 0) is 4.79 Å². The molecule has 9 heteroatoms. The van der Waals surface area contributed by atoms with Crippen LogP contribution in [0.2, 0.25) is 0 Å². The van der Waals surface area contributed by atoms with E-state index in [9.17, 15) is 23.1 Å². The molecule has 0 aromatic heterocycles. The molecular weight excluding hydrogens is 411 g/mol. The minimum atomic E-state index is -4.73. The summed E-state index contributed by atoms with van der Waals surface area (Å²) in [6, 6.07) is 5.90. The predicted molar refractivity (Wildman–Crippen MR) is 110 cm³/mol. The summed E-state index contributed by atoms with van der Waals surface area (Å²) in [5, 5.41) is 10.3. The van der Waals surface area contributed by atoms with Gasteiger partial charge in [0.1, 0.15) is 5.75 Å². The third-order valence-corrected chi connectivity index (χ3v) is 6.86. The normalized spacial score (nSPS) is 24.4. The van der Waals surface area contributed by atoms with Gasteiger partial charge in [0.05, 0.1) is 6.10 Å². The molecule has 1 spiro atoms. The molecule has 3 aliphatic rings. The molecular formula is C22H30F3N3O3. The summed E-state index contributed by atoms with van der Waals surface area (Å²) in [5.74, 6) is -0.185. The van der Waals surface area contributed by atoms with Gasteiger partial charge in [-0.3, -0.25) is 4.79 Å². The Morgan fingerprint density at radius 2 is 1.90 bits per heavy atom. The van der Waals surface area contributed by atoms with Gasteiger partial charge < -0.3 is 24.5 Å². The van der Waals surface area contributed by atoms with E-state index in [0.29, 0.717) is 38.3 Å². The minimum Gasteiger partial charge on any atom is -0.406 e. The lowest BCUT2D eigenvalue weighted by molar-refractivity contribution is -0.274. The van der Waals surface area contributed by atoms with E-state index >= 15 is 0 Å². The average molecular weight is 441 g/mol. The largest absolute Gasteiger partial charge is 0.573 e. The van der Waals surface area contributed by atoms with Crippen LogP contribution in [0.15, 0.2) is 24.3 Å². The smallest absolute Gasteiger partial charge is 0.406 e. The zero-order valence-corrected chi connectivity index (χ0v) is 17.6. The van der Waals surface area contributed by atoms with E-state index < -0.39 is 6.36 Å². The first-order valence-electron chi connectivity index (χ1n) is 11.0. The third-order valence-electron chi connectivity index (χ3n) is 6.86. The highest BCUT2D eigenvalue weighted by Gasteiger charge is 2.51. The van der Waals surface area contributed by atoms with E-state index in [1.165, 1.54) is 18.2 Å². The van der Waals surface area contributed by atoms with Crippen LogP contribution in [0.25, 0.3) is 0 Å². The molecule has 2 aliphatic heterocycles. The number of aliphatic hydroxyl groups excluding tert-OH is 1. The van der Waals surface area contributed by atoms with E-state index in [2.05, 4.69) is 9.64 Å². The molecule has 1 N–H and O–H groups in total. The van der Waals surface area contributed by atoms with Gasteiger partial charge in [-0.1, -0.05) is 6.07 Å². The summed E-state index contributed by atoms with van der Waals surface area (Å²) >= 11 is 0. The van der Waals surface area contributed by atoms with Gasteiger partial charge in [-0.15, -0.1) is 13.2 Å². The molecule has 0 unspecified atom stereocenters. The lowest BCUT2D eigenvalue weighted by Gasteiger charge is -2.36. The van der Waals surface area contributed by atoms with Gasteiger partial charge in [0.2, 0.25) is 5.91 Å². The maximum absolute atomic E-state index is 12.5. The number of piperidine rings is 1. The van der Waals surface area contributed by atoms with Crippen molar-refractivity contribution in [2.75, 3.05) is 50.7 Å². The number of likely N-dealkylation sites (tertiary alicyclic amines) is 1. The molecule has 0 bridgehead atoms. The Kier molecular flexibility index (Phi) is 6.35. The summed E-state index contributed by atoms with van der Waals surface area (Å²) < 4.78 is 41.5. The predicted octanol–water partition coefficient (Wildman–Crippen LogP) is 2.86. The van der Waals surface area contributed by atoms with Crippen LogP contribution in [0.4, 0.5) is 18.9 Å². The molecule has 31 heavy (non-hydrogen) atoms. The Balaban J connectivity index is 1.26. The highest BCUT2D eigenvalue weighted by atomic mass is 19.4. The van der Waals surface area contributed by atoms with Crippen molar-refractivity contribution in [3.8, 4) is 5.75 Å². The lowest BCUT2D eigenvalue weighted by Crippen LogP contribution is -2.46. The first kappa shape index (κ1) is 22.2. The van der Waals surface area contributed by atoms with Crippen LogP contribution in [-0.4, -0.2) is 79.1 Å². The molecule has 1 aliphatic carbocycles. The van der Waals surface area contributed by atoms with Crippen molar-refractivity contribution in [2.45, 2.75) is 44.6 Å². The van der Waals surface area contributed by atoms with E-state index in [-0.39, 0.29) is 23.2 Å². The van der Waals surface area contributed by atoms with Gasteiger partial charge in [0, 0.05) is 50.9 Å². The van der Waals surface area contributed by atoms with Crippen molar-refractivity contribution in [3.63, 3.8) is 0 Å². The van der Waals surface area contributed by atoms with Crippen LogP contribution in [0.3, 0.4) is 0 Å². The number of hydrogen-bond donors (Lipinski definition) is 1. The number of halogens is 3. The van der Waals surface area contributed by atoms with E-state index in [4.69, 9.17) is 0 Å². The SMILES string of the molecule is O=C1CCN(c2cccc(OC(F)(F)F)c2)CCN1CCCN1CCC2(CC2)[C@H](O)C1. The second kappa shape index (κ2) is 8.86. The molecule has 3 fully saturated rings. The third kappa shape index (κ3) is 5.63. The second-order valence-corrected chi connectivity index (χ2v) is 8.95. The van der Waals surface area contributed by atoms with Crippen molar-refractivity contribution in [2.24, 2.45) is 5.41 Å². The van der Waals surface area contributed by atoms with E-state index in [0.717, 1.165) is 45.3 Å². The van der Waals surface area contributed by atoms with E-state index in [1.807, 2.05) is 9.80 Å². The lowest BCUT2D eigenvalue weighted by atomic mass is 9.90.